The third kappa shape index (κ3) is 5.30. The van der Waals surface area contributed by atoms with E-state index >= 15 is 0 Å². The van der Waals surface area contributed by atoms with Gasteiger partial charge in [0.2, 0.25) is 5.95 Å². The Bertz CT molecular complexity index is 1290. The van der Waals surface area contributed by atoms with E-state index in [1.165, 1.54) is 23.0 Å². The number of nitrogens with one attached hydrogen (secondary N) is 1. The molecule has 0 aliphatic carbocycles. The van der Waals surface area contributed by atoms with Crippen LogP contribution < -0.4 is 11.3 Å². The molecule has 3 rings (SSSR count). The molecule has 1 aliphatic heterocycles. The van der Waals surface area contributed by atoms with Crippen molar-refractivity contribution >= 4 is 39.9 Å². The lowest BCUT2D eigenvalue weighted by molar-refractivity contribution is -0.0216. The highest BCUT2D eigenvalue weighted by molar-refractivity contribution is 7.76. The molecule has 0 radical (unpaired) electrons. The molecular formula is C12H16F2N5O11P3. The van der Waals surface area contributed by atoms with Gasteiger partial charge in [-0.3, -0.25) is 28.0 Å². The van der Waals surface area contributed by atoms with Crippen LogP contribution in [0.4, 0.5) is 14.7 Å². The van der Waals surface area contributed by atoms with E-state index in [1.54, 1.807) is 0 Å². The third-order valence-electron chi connectivity index (χ3n) is 3.99. The smallest absolute Gasteiger partial charge is 0.369 e. The van der Waals surface area contributed by atoms with Gasteiger partial charge in [-0.05, 0) is 6.08 Å². The highest BCUT2D eigenvalue weighted by Crippen LogP contribution is 2.77. The molecule has 33 heavy (non-hydrogen) atoms. The summed E-state index contributed by atoms with van der Waals surface area (Å²) in [6.07, 6.45) is 1.09. The molecular weight excluding hydrogens is 521 g/mol. The van der Waals surface area contributed by atoms with Crippen LogP contribution in [-0.2, 0) is 27.5 Å². The largest absolute Gasteiger partial charge is 0.444 e. The molecule has 2 aromatic heterocycles. The standard InChI is InChI=1S/C12H16F2N5O11P3/c13-12(14,32(23,24)25)33(26,27)30-31(21,22)5-28-3-6-1-2-7(29-6)19-4-16-8-9(19)17-11(15)18-10(8)20/h1-2,4,6-7H,3,5H2,(H,21,22)(H,26,27)(H2,23,24,25)(H3,15,17,18,20)/t6-,7+/m0/s1. The molecule has 0 amide bonds. The van der Waals surface area contributed by atoms with Gasteiger partial charge < -0.3 is 34.8 Å². The molecule has 2 unspecified atom stereocenters. The number of ether oxygens (including phenoxy) is 2. The van der Waals surface area contributed by atoms with Crippen LogP contribution in [0.25, 0.3) is 11.2 Å². The van der Waals surface area contributed by atoms with Gasteiger partial charge in [-0.15, -0.1) is 0 Å². The van der Waals surface area contributed by atoms with Gasteiger partial charge >= 0.3 is 28.2 Å². The van der Waals surface area contributed by atoms with Crippen molar-refractivity contribution in [3.05, 3.63) is 28.8 Å². The maximum absolute atomic E-state index is 13.4. The minimum atomic E-state index is -6.57. The second kappa shape index (κ2) is 8.74. The Hall–Kier alpha value is -1.84. The predicted octanol–water partition coefficient (Wildman–Crippen LogP) is 0.245. The molecule has 0 bridgehead atoms. The average Bonchev–Trinajstić information content (AvgIpc) is 3.26. The molecule has 3 heterocycles. The maximum Gasteiger partial charge on any atom is 0.444 e. The van der Waals surface area contributed by atoms with E-state index in [2.05, 4.69) is 19.3 Å². The molecule has 1 aliphatic rings. The number of nitrogens with two attached hydrogens (primary N) is 1. The highest BCUT2D eigenvalue weighted by atomic mass is 31.3. The average molecular weight is 537 g/mol. The van der Waals surface area contributed by atoms with E-state index in [4.69, 9.17) is 29.9 Å². The Balaban J connectivity index is 1.59. The lowest BCUT2D eigenvalue weighted by atomic mass is 10.4. The lowest BCUT2D eigenvalue weighted by Gasteiger charge is -2.24. The van der Waals surface area contributed by atoms with Crippen molar-refractivity contribution in [1.29, 1.82) is 0 Å². The summed E-state index contributed by atoms with van der Waals surface area (Å²) < 4.78 is 76.1. The van der Waals surface area contributed by atoms with E-state index in [9.17, 15) is 32.2 Å². The van der Waals surface area contributed by atoms with Crippen LogP contribution in [0, 0.1) is 0 Å². The van der Waals surface area contributed by atoms with E-state index in [0.717, 1.165) is 0 Å². The van der Waals surface area contributed by atoms with E-state index in [1.807, 2.05) is 0 Å². The van der Waals surface area contributed by atoms with Crippen molar-refractivity contribution in [3.63, 3.8) is 0 Å². The number of hydrogen-bond acceptors (Lipinski definition) is 10. The van der Waals surface area contributed by atoms with Crippen LogP contribution in [0.15, 0.2) is 23.3 Å². The van der Waals surface area contributed by atoms with Gasteiger partial charge in [0, 0.05) is 0 Å². The molecule has 2 aromatic rings. The van der Waals surface area contributed by atoms with Crippen LogP contribution in [0.1, 0.15) is 6.23 Å². The number of aromatic amines is 1. The first-order chi connectivity index (χ1) is 15.0. The zero-order valence-corrected chi connectivity index (χ0v) is 18.6. The first kappa shape index (κ1) is 25.8. The summed E-state index contributed by atoms with van der Waals surface area (Å²) in [5.41, 5.74) is 5.01. The van der Waals surface area contributed by atoms with Crippen molar-refractivity contribution in [2.75, 3.05) is 18.7 Å². The molecule has 4 atom stereocenters. The number of rotatable bonds is 9. The number of fused-ring (bicyclic) bond motifs is 1. The monoisotopic (exact) mass is 537 g/mol. The normalized spacial score (nSPS) is 23.0. The minimum Gasteiger partial charge on any atom is -0.369 e. The van der Waals surface area contributed by atoms with Crippen molar-refractivity contribution in [2.24, 2.45) is 0 Å². The number of nitrogen functional groups attached to an aromatic ring is 1. The molecule has 21 heteroatoms. The number of anilines is 1. The summed E-state index contributed by atoms with van der Waals surface area (Å²) in [5.74, 6) is -0.166. The number of halogens is 2. The number of nitrogens with zero attached hydrogens (tertiary/aromatic N) is 3. The number of imidazole rings is 1. The van der Waals surface area contributed by atoms with Gasteiger partial charge in [0.25, 0.3) is 5.56 Å². The van der Waals surface area contributed by atoms with Gasteiger partial charge in [0.1, 0.15) is 12.5 Å². The number of H-pyrrole nitrogens is 1. The van der Waals surface area contributed by atoms with Crippen LogP contribution in [0.2, 0.25) is 0 Å². The molecule has 0 fully saturated rings. The SMILES string of the molecule is Nc1nc2c(ncn2[C@H]2C=C[C@@H](COCP(=O)(O)OP(=O)(O)C(F)(F)P(=O)(O)O)O2)c(=O)[nH]1. The quantitative estimate of drug-likeness (QED) is 0.185. The van der Waals surface area contributed by atoms with Crippen molar-refractivity contribution in [2.45, 2.75) is 17.7 Å². The zero-order chi connectivity index (χ0) is 24.8. The first-order valence-electron chi connectivity index (χ1n) is 8.47. The molecule has 0 saturated heterocycles. The summed E-state index contributed by atoms with van der Waals surface area (Å²) in [4.78, 5) is 57.5. The Morgan fingerprint density at radius 2 is 1.91 bits per heavy atom. The van der Waals surface area contributed by atoms with Gasteiger partial charge in [-0.25, -0.2) is 9.29 Å². The number of alkyl halides is 2. The zero-order valence-electron chi connectivity index (χ0n) is 16.0. The Morgan fingerprint density at radius 1 is 1.24 bits per heavy atom. The number of hydrogen-bond donors (Lipinski definition) is 6. The molecule has 16 nitrogen and oxygen atoms in total. The van der Waals surface area contributed by atoms with Crippen molar-refractivity contribution in [3.8, 4) is 0 Å². The summed E-state index contributed by atoms with van der Waals surface area (Å²) in [6.45, 7) is -0.464. The van der Waals surface area contributed by atoms with Crippen molar-refractivity contribution < 1.29 is 55.8 Å². The molecule has 184 valence electrons. The highest BCUT2D eigenvalue weighted by Gasteiger charge is 2.66. The third-order valence-corrected chi connectivity index (χ3v) is 9.33. The molecule has 7 N–H and O–H groups in total. The van der Waals surface area contributed by atoms with Gasteiger partial charge in [-0.2, -0.15) is 13.8 Å². The Labute approximate surface area is 181 Å². The second-order valence-electron chi connectivity index (χ2n) is 6.52. The molecule has 0 aromatic carbocycles. The van der Waals surface area contributed by atoms with E-state index in [0.29, 0.717) is 0 Å². The topological polar surface area (TPSA) is 249 Å². The van der Waals surface area contributed by atoms with E-state index < -0.39 is 59.0 Å². The predicted molar refractivity (Wildman–Crippen MR) is 104 cm³/mol. The summed E-state index contributed by atoms with van der Waals surface area (Å²) in [5, 5.41) is -5.62. The van der Waals surface area contributed by atoms with Crippen LogP contribution in [-0.4, -0.2) is 63.6 Å². The van der Waals surface area contributed by atoms with Gasteiger partial charge in [-0.1, -0.05) is 6.08 Å². The fourth-order valence-electron chi connectivity index (χ4n) is 2.57. The summed E-state index contributed by atoms with van der Waals surface area (Å²) >= 11 is 0. The Kier molecular flexibility index (Phi) is 6.83. The van der Waals surface area contributed by atoms with E-state index in [-0.39, 0.29) is 17.1 Å². The van der Waals surface area contributed by atoms with Gasteiger partial charge in [0.05, 0.1) is 12.9 Å². The Morgan fingerprint density at radius 3 is 2.55 bits per heavy atom. The minimum absolute atomic E-state index is 0.0141. The summed E-state index contributed by atoms with van der Waals surface area (Å²) in [7, 11) is -18.4. The van der Waals surface area contributed by atoms with Gasteiger partial charge in [0.15, 0.2) is 17.4 Å². The second-order valence-corrected chi connectivity index (χ2v) is 12.3. The summed E-state index contributed by atoms with van der Waals surface area (Å²) in [6, 6.07) is 0. The fourth-order valence-corrected chi connectivity index (χ4v) is 6.51. The first-order valence-corrected chi connectivity index (χ1v) is 13.4. The molecule has 0 saturated carbocycles. The van der Waals surface area contributed by atoms with Crippen molar-refractivity contribution in [1.82, 2.24) is 19.5 Å². The lowest BCUT2D eigenvalue weighted by Crippen LogP contribution is -2.20. The number of aromatic nitrogens is 4. The van der Waals surface area contributed by atoms with Crippen LogP contribution in [0.5, 0.6) is 0 Å². The maximum atomic E-state index is 13.4. The fraction of sp³-hybridized carbons (Fsp3) is 0.417. The van der Waals surface area contributed by atoms with Crippen LogP contribution in [0.3, 0.4) is 0 Å². The molecule has 0 spiro atoms. The van der Waals surface area contributed by atoms with Crippen LogP contribution >= 0.6 is 22.8 Å².